The SMILES string of the molecule is COCC(C)Nc1ncnc2c1c(-c1ccccc1)cn2-c1ccc(Br)cc1. The molecule has 0 aliphatic rings. The average Bonchev–Trinajstić information content (AvgIpc) is 3.10. The van der Waals surface area contributed by atoms with Gasteiger partial charge in [-0.25, -0.2) is 9.97 Å². The Hall–Kier alpha value is -2.70. The molecule has 1 atom stereocenters. The first-order chi connectivity index (χ1) is 13.7. The van der Waals surface area contributed by atoms with E-state index in [9.17, 15) is 0 Å². The maximum Gasteiger partial charge on any atom is 0.150 e. The zero-order valence-electron chi connectivity index (χ0n) is 15.8. The van der Waals surface area contributed by atoms with E-state index in [1.54, 1.807) is 13.4 Å². The second-order valence-corrected chi connectivity index (χ2v) is 7.59. The molecule has 0 fully saturated rings. The molecule has 4 aromatic rings. The Balaban J connectivity index is 1.93. The third-order valence-corrected chi connectivity index (χ3v) is 5.10. The van der Waals surface area contributed by atoms with Crippen molar-refractivity contribution >= 4 is 32.8 Å². The first-order valence-corrected chi connectivity index (χ1v) is 9.89. The summed E-state index contributed by atoms with van der Waals surface area (Å²) in [6.07, 6.45) is 3.73. The van der Waals surface area contributed by atoms with Gasteiger partial charge in [-0.2, -0.15) is 0 Å². The highest BCUT2D eigenvalue weighted by Gasteiger charge is 2.18. The van der Waals surface area contributed by atoms with Crippen LogP contribution in [0.4, 0.5) is 5.82 Å². The van der Waals surface area contributed by atoms with Crippen molar-refractivity contribution in [1.29, 1.82) is 0 Å². The monoisotopic (exact) mass is 436 g/mol. The lowest BCUT2D eigenvalue weighted by Crippen LogP contribution is -2.21. The first-order valence-electron chi connectivity index (χ1n) is 9.10. The smallest absolute Gasteiger partial charge is 0.150 e. The summed E-state index contributed by atoms with van der Waals surface area (Å²) in [6, 6.07) is 18.7. The molecule has 1 N–H and O–H groups in total. The number of halogens is 1. The van der Waals surface area contributed by atoms with Gasteiger partial charge in [-0.1, -0.05) is 46.3 Å². The van der Waals surface area contributed by atoms with E-state index >= 15 is 0 Å². The average molecular weight is 437 g/mol. The third kappa shape index (κ3) is 3.66. The fourth-order valence-electron chi connectivity index (χ4n) is 3.33. The zero-order valence-corrected chi connectivity index (χ0v) is 17.3. The summed E-state index contributed by atoms with van der Waals surface area (Å²) in [6.45, 7) is 2.67. The number of fused-ring (bicyclic) bond motifs is 1. The van der Waals surface area contributed by atoms with E-state index in [1.165, 1.54) is 0 Å². The summed E-state index contributed by atoms with van der Waals surface area (Å²) in [4.78, 5) is 9.15. The number of nitrogens with zero attached hydrogens (tertiary/aromatic N) is 3. The Morgan fingerprint density at radius 2 is 1.82 bits per heavy atom. The van der Waals surface area contributed by atoms with Gasteiger partial charge in [0.2, 0.25) is 0 Å². The van der Waals surface area contributed by atoms with Crippen LogP contribution in [0.3, 0.4) is 0 Å². The van der Waals surface area contributed by atoms with Crippen LogP contribution in [0.15, 0.2) is 71.6 Å². The Labute approximate surface area is 172 Å². The van der Waals surface area contributed by atoms with Crippen molar-refractivity contribution in [3.8, 4) is 16.8 Å². The third-order valence-electron chi connectivity index (χ3n) is 4.57. The molecule has 0 aliphatic heterocycles. The molecule has 2 heterocycles. The van der Waals surface area contributed by atoms with Crippen LogP contribution in [0, 0.1) is 0 Å². The van der Waals surface area contributed by atoms with E-state index in [-0.39, 0.29) is 6.04 Å². The van der Waals surface area contributed by atoms with Crippen molar-refractivity contribution in [2.45, 2.75) is 13.0 Å². The fraction of sp³-hybridized carbons (Fsp3) is 0.182. The number of hydrogen-bond acceptors (Lipinski definition) is 4. The zero-order chi connectivity index (χ0) is 19.5. The van der Waals surface area contributed by atoms with Gasteiger partial charge < -0.3 is 14.6 Å². The van der Waals surface area contributed by atoms with Crippen LogP contribution in [-0.2, 0) is 4.74 Å². The highest BCUT2D eigenvalue weighted by atomic mass is 79.9. The molecule has 2 aromatic carbocycles. The van der Waals surface area contributed by atoms with Gasteiger partial charge in [0.25, 0.3) is 0 Å². The normalized spacial score (nSPS) is 12.2. The molecule has 0 radical (unpaired) electrons. The van der Waals surface area contributed by atoms with Crippen LogP contribution in [0.5, 0.6) is 0 Å². The van der Waals surface area contributed by atoms with Crippen molar-refractivity contribution in [2.75, 3.05) is 19.0 Å². The molecule has 1 unspecified atom stereocenters. The first kappa shape index (κ1) is 18.7. The fourth-order valence-corrected chi connectivity index (χ4v) is 3.60. The number of benzene rings is 2. The molecule has 0 spiro atoms. The molecule has 0 aliphatic carbocycles. The van der Waals surface area contributed by atoms with Crippen LogP contribution in [-0.4, -0.2) is 34.3 Å². The second-order valence-electron chi connectivity index (χ2n) is 6.68. The predicted octanol–water partition coefficient (Wildman–Crippen LogP) is 5.30. The van der Waals surface area contributed by atoms with Crippen molar-refractivity contribution < 1.29 is 4.74 Å². The number of aromatic nitrogens is 3. The molecule has 0 saturated carbocycles. The van der Waals surface area contributed by atoms with Crippen LogP contribution in [0.2, 0.25) is 0 Å². The summed E-state index contributed by atoms with van der Waals surface area (Å²) in [5, 5.41) is 4.47. The maximum absolute atomic E-state index is 5.27. The Morgan fingerprint density at radius 1 is 1.07 bits per heavy atom. The van der Waals surface area contributed by atoms with Gasteiger partial charge in [0, 0.05) is 35.1 Å². The number of rotatable bonds is 6. The van der Waals surface area contributed by atoms with E-state index in [2.05, 4.69) is 73.2 Å². The Morgan fingerprint density at radius 3 is 2.54 bits per heavy atom. The molecule has 0 saturated heterocycles. The summed E-state index contributed by atoms with van der Waals surface area (Å²) in [5.41, 5.74) is 4.13. The lowest BCUT2D eigenvalue weighted by Gasteiger charge is -2.14. The topological polar surface area (TPSA) is 52.0 Å². The van der Waals surface area contributed by atoms with Gasteiger partial charge in [0.1, 0.15) is 12.1 Å². The van der Waals surface area contributed by atoms with E-state index in [0.717, 1.165) is 38.1 Å². The van der Waals surface area contributed by atoms with Gasteiger partial charge in [-0.3, -0.25) is 0 Å². The van der Waals surface area contributed by atoms with E-state index < -0.39 is 0 Å². The predicted molar refractivity (Wildman–Crippen MR) is 117 cm³/mol. The molecular weight excluding hydrogens is 416 g/mol. The van der Waals surface area contributed by atoms with E-state index in [1.807, 2.05) is 30.3 Å². The summed E-state index contributed by atoms with van der Waals surface area (Å²) in [5.74, 6) is 0.810. The van der Waals surface area contributed by atoms with Crippen LogP contribution >= 0.6 is 15.9 Å². The lowest BCUT2D eigenvalue weighted by atomic mass is 10.1. The molecule has 2 aromatic heterocycles. The summed E-state index contributed by atoms with van der Waals surface area (Å²) < 4.78 is 8.42. The van der Waals surface area contributed by atoms with Crippen molar-refractivity contribution in [2.24, 2.45) is 0 Å². The van der Waals surface area contributed by atoms with Crippen molar-refractivity contribution in [3.05, 3.63) is 71.6 Å². The van der Waals surface area contributed by atoms with E-state index in [0.29, 0.717) is 6.61 Å². The standard InChI is InChI=1S/C22H21BrN4O/c1-15(13-28-2)26-21-20-19(16-6-4-3-5-7-16)12-27(22(20)25-14-24-21)18-10-8-17(23)9-11-18/h3-12,14-15H,13H2,1-2H3,(H,24,25,26). The molecule has 6 heteroatoms. The van der Waals surface area contributed by atoms with E-state index in [4.69, 9.17) is 4.74 Å². The Kier molecular flexibility index (Phi) is 5.41. The van der Waals surface area contributed by atoms with Gasteiger partial charge in [0.15, 0.2) is 5.65 Å². The number of ether oxygens (including phenoxy) is 1. The molecule has 0 amide bonds. The molecule has 5 nitrogen and oxygen atoms in total. The van der Waals surface area contributed by atoms with Crippen molar-refractivity contribution in [1.82, 2.24) is 14.5 Å². The number of methoxy groups -OCH3 is 1. The minimum atomic E-state index is 0.128. The second kappa shape index (κ2) is 8.12. The molecular formula is C22H21BrN4O. The number of anilines is 1. The van der Waals surface area contributed by atoms with Gasteiger partial charge in [0.05, 0.1) is 12.0 Å². The summed E-state index contributed by atoms with van der Waals surface area (Å²) in [7, 11) is 1.70. The summed E-state index contributed by atoms with van der Waals surface area (Å²) >= 11 is 3.51. The maximum atomic E-state index is 5.27. The highest BCUT2D eigenvalue weighted by molar-refractivity contribution is 9.10. The molecule has 0 bridgehead atoms. The van der Waals surface area contributed by atoms with Gasteiger partial charge in [-0.05, 0) is 36.8 Å². The van der Waals surface area contributed by atoms with Gasteiger partial charge >= 0.3 is 0 Å². The molecule has 142 valence electrons. The van der Waals surface area contributed by atoms with Crippen LogP contribution in [0.25, 0.3) is 27.8 Å². The quantitative estimate of drug-likeness (QED) is 0.445. The molecule has 4 rings (SSSR count). The highest BCUT2D eigenvalue weighted by Crippen LogP contribution is 2.35. The minimum absolute atomic E-state index is 0.128. The molecule has 28 heavy (non-hydrogen) atoms. The lowest BCUT2D eigenvalue weighted by molar-refractivity contribution is 0.190. The van der Waals surface area contributed by atoms with Crippen LogP contribution < -0.4 is 5.32 Å². The van der Waals surface area contributed by atoms with Crippen molar-refractivity contribution in [3.63, 3.8) is 0 Å². The number of hydrogen-bond donors (Lipinski definition) is 1. The Bertz CT molecular complexity index is 1080. The van der Waals surface area contributed by atoms with Gasteiger partial charge in [-0.15, -0.1) is 0 Å². The minimum Gasteiger partial charge on any atom is -0.383 e. The van der Waals surface area contributed by atoms with Crippen LogP contribution in [0.1, 0.15) is 6.92 Å². The largest absolute Gasteiger partial charge is 0.383 e. The number of nitrogens with one attached hydrogen (secondary N) is 1.